The van der Waals surface area contributed by atoms with Gasteiger partial charge in [-0.1, -0.05) is 0 Å². The summed E-state index contributed by atoms with van der Waals surface area (Å²) >= 11 is 0. The van der Waals surface area contributed by atoms with Gasteiger partial charge in [0, 0.05) is 6.08 Å². The van der Waals surface area contributed by atoms with Crippen molar-refractivity contribution in [2.24, 2.45) is 5.73 Å². The van der Waals surface area contributed by atoms with E-state index in [0.717, 1.165) is 0 Å². The fourth-order valence-electron chi connectivity index (χ4n) is 0.779. The Kier molecular flexibility index (Phi) is 3.03. The van der Waals surface area contributed by atoms with Crippen LogP contribution in [0.25, 0.3) is 6.08 Å². The highest BCUT2D eigenvalue weighted by Crippen LogP contribution is 2.08. The molecule has 1 aromatic rings. The van der Waals surface area contributed by atoms with Gasteiger partial charge in [0.1, 0.15) is 5.75 Å². The number of rotatable bonds is 3. The average molecular weight is 178 g/mol. The van der Waals surface area contributed by atoms with Gasteiger partial charge in [-0.3, -0.25) is 9.78 Å². The molecule has 1 heterocycles. The third-order valence-corrected chi connectivity index (χ3v) is 1.41. The molecule has 1 amide bonds. The summed E-state index contributed by atoms with van der Waals surface area (Å²) in [6.45, 7) is 0. The van der Waals surface area contributed by atoms with Crippen LogP contribution < -0.4 is 10.5 Å². The average Bonchev–Trinajstić information content (AvgIpc) is 2.15. The van der Waals surface area contributed by atoms with Crippen molar-refractivity contribution in [3.05, 3.63) is 30.1 Å². The number of pyridine rings is 1. The van der Waals surface area contributed by atoms with Crippen molar-refractivity contribution in [1.29, 1.82) is 0 Å². The number of methoxy groups -OCH3 is 1. The molecule has 13 heavy (non-hydrogen) atoms. The minimum Gasteiger partial charge on any atom is -0.495 e. The SMILES string of the molecule is COc1ccc(C=CC(N)=O)nc1. The van der Waals surface area contributed by atoms with Crippen LogP contribution in [0.15, 0.2) is 24.4 Å². The maximum atomic E-state index is 10.4. The number of hydrogen-bond donors (Lipinski definition) is 1. The molecule has 4 nitrogen and oxygen atoms in total. The van der Waals surface area contributed by atoms with Crippen LogP contribution in [0.4, 0.5) is 0 Å². The van der Waals surface area contributed by atoms with E-state index in [1.807, 2.05) is 0 Å². The second-order valence-electron chi connectivity index (χ2n) is 2.36. The van der Waals surface area contributed by atoms with Gasteiger partial charge in [-0.15, -0.1) is 0 Å². The Morgan fingerprint density at radius 2 is 2.38 bits per heavy atom. The Hall–Kier alpha value is -1.84. The van der Waals surface area contributed by atoms with E-state index in [1.54, 1.807) is 31.5 Å². The predicted molar refractivity (Wildman–Crippen MR) is 49.0 cm³/mol. The summed E-state index contributed by atoms with van der Waals surface area (Å²) in [5.41, 5.74) is 5.58. The van der Waals surface area contributed by atoms with Crippen LogP contribution in [0, 0.1) is 0 Å². The monoisotopic (exact) mass is 178 g/mol. The molecule has 0 aromatic carbocycles. The highest BCUT2D eigenvalue weighted by Gasteiger charge is 1.91. The zero-order valence-electron chi connectivity index (χ0n) is 7.23. The lowest BCUT2D eigenvalue weighted by molar-refractivity contribution is -0.113. The Balaban J connectivity index is 2.75. The predicted octanol–water partition coefficient (Wildman–Crippen LogP) is 0.589. The first-order valence-corrected chi connectivity index (χ1v) is 3.70. The van der Waals surface area contributed by atoms with Crippen molar-refractivity contribution in [3.63, 3.8) is 0 Å². The molecule has 2 N–H and O–H groups in total. The first kappa shape index (κ1) is 9.25. The van der Waals surface area contributed by atoms with E-state index in [2.05, 4.69) is 4.98 Å². The van der Waals surface area contributed by atoms with Crippen LogP contribution in [0.5, 0.6) is 5.75 Å². The third kappa shape index (κ3) is 2.94. The van der Waals surface area contributed by atoms with Gasteiger partial charge in [-0.2, -0.15) is 0 Å². The van der Waals surface area contributed by atoms with Crippen molar-refractivity contribution in [1.82, 2.24) is 4.98 Å². The number of nitrogens with zero attached hydrogens (tertiary/aromatic N) is 1. The standard InChI is InChI=1S/C9H10N2O2/c1-13-8-4-2-7(11-6-8)3-5-9(10)12/h2-6H,1H3,(H2,10,12). The van der Waals surface area contributed by atoms with Crippen LogP contribution >= 0.6 is 0 Å². The Bertz CT molecular complexity index is 317. The van der Waals surface area contributed by atoms with Crippen LogP contribution in [0.1, 0.15) is 5.69 Å². The maximum absolute atomic E-state index is 10.4. The van der Waals surface area contributed by atoms with Crippen molar-refractivity contribution < 1.29 is 9.53 Å². The zero-order chi connectivity index (χ0) is 9.68. The molecule has 0 bridgehead atoms. The van der Waals surface area contributed by atoms with Crippen molar-refractivity contribution in [2.45, 2.75) is 0 Å². The van der Waals surface area contributed by atoms with E-state index in [0.29, 0.717) is 11.4 Å². The number of carbonyl (C=O) groups is 1. The number of aromatic nitrogens is 1. The molecule has 1 aromatic heterocycles. The minimum absolute atomic E-state index is 0.488. The molecular formula is C9H10N2O2. The first-order chi connectivity index (χ1) is 6.22. The molecule has 0 saturated heterocycles. The van der Waals surface area contributed by atoms with E-state index in [4.69, 9.17) is 10.5 Å². The Morgan fingerprint density at radius 3 is 2.85 bits per heavy atom. The number of carbonyl (C=O) groups excluding carboxylic acids is 1. The molecule has 0 aliphatic carbocycles. The number of amides is 1. The maximum Gasteiger partial charge on any atom is 0.241 e. The van der Waals surface area contributed by atoms with Crippen molar-refractivity contribution in [3.8, 4) is 5.75 Å². The lowest BCUT2D eigenvalue weighted by atomic mass is 10.3. The van der Waals surface area contributed by atoms with Crippen molar-refractivity contribution in [2.75, 3.05) is 7.11 Å². The minimum atomic E-state index is -0.488. The molecule has 0 atom stereocenters. The molecule has 1 rings (SSSR count). The molecular weight excluding hydrogens is 168 g/mol. The van der Waals surface area contributed by atoms with Crippen molar-refractivity contribution >= 4 is 12.0 Å². The quantitative estimate of drug-likeness (QED) is 0.689. The molecule has 68 valence electrons. The molecule has 4 heteroatoms. The summed E-state index contributed by atoms with van der Waals surface area (Å²) in [5, 5.41) is 0. The number of nitrogens with two attached hydrogens (primary N) is 1. The lowest BCUT2D eigenvalue weighted by Crippen LogP contribution is -2.05. The van der Waals surface area contributed by atoms with Crippen LogP contribution in [-0.2, 0) is 4.79 Å². The van der Waals surface area contributed by atoms with Crippen LogP contribution in [0.3, 0.4) is 0 Å². The summed E-state index contributed by atoms with van der Waals surface area (Å²) in [6.07, 6.45) is 4.37. The number of ether oxygens (including phenoxy) is 1. The number of primary amides is 1. The fraction of sp³-hybridized carbons (Fsp3) is 0.111. The molecule has 0 radical (unpaired) electrons. The Labute approximate surface area is 76.0 Å². The fourth-order valence-corrected chi connectivity index (χ4v) is 0.779. The van der Waals surface area contributed by atoms with Crippen LogP contribution in [0.2, 0.25) is 0 Å². The zero-order valence-corrected chi connectivity index (χ0v) is 7.23. The van der Waals surface area contributed by atoms with E-state index in [9.17, 15) is 4.79 Å². The molecule has 0 unspecified atom stereocenters. The van der Waals surface area contributed by atoms with E-state index >= 15 is 0 Å². The molecule has 0 aliphatic heterocycles. The summed E-state index contributed by atoms with van der Waals surface area (Å²) in [5.74, 6) is 0.189. The van der Waals surface area contributed by atoms with E-state index in [1.165, 1.54) is 6.08 Å². The Morgan fingerprint density at radius 1 is 1.62 bits per heavy atom. The largest absolute Gasteiger partial charge is 0.495 e. The molecule has 0 saturated carbocycles. The van der Waals surface area contributed by atoms with E-state index in [-0.39, 0.29) is 0 Å². The van der Waals surface area contributed by atoms with Gasteiger partial charge in [-0.05, 0) is 18.2 Å². The summed E-state index contributed by atoms with van der Waals surface area (Å²) in [4.78, 5) is 14.4. The highest BCUT2D eigenvalue weighted by molar-refractivity contribution is 5.89. The summed E-state index contributed by atoms with van der Waals surface area (Å²) in [7, 11) is 1.57. The van der Waals surface area contributed by atoms with Gasteiger partial charge >= 0.3 is 0 Å². The second-order valence-corrected chi connectivity index (χ2v) is 2.36. The molecule has 0 fully saturated rings. The number of hydrogen-bond acceptors (Lipinski definition) is 3. The van der Waals surface area contributed by atoms with Crippen LogP contribution in [-0.4, -0.2) is 18.0 Å². The van der Waals surface area contributed by atoms with Gasteiger partial charge in [0.2, 0.25) is 5.91 Å². The van der Waals surface area contributed by atoms with Gasteiger partial charge in [0.05, 0.1) is 19.0 Å². The smallest absolute Gasteiger partial charge is 0.241 e. The topological polar surface area (TPSA) is 65.2 Å². The third-order valence-electron chi connectivity index (χ3n) is 1.41. The van der Waals surface area contributed by atoms with Gasteiger partial charge < -0.3 is 10.5 Å². The second kappa shape index (κ2) is 4.25. The molecule has 0 spiro atoms. The summed E-state index contributed by atoms with van der Waals surface area (Å²) in [6, 6.07) is 3.49. The first-order valence-electron chi connectivity index (χ1n) is 3.70. The molecule has 0 aliphatic rings. The van der Waals surface area contributed by atoms with E-state index < -0.39 is 5.91 Å². The highest BCUT2D eigenvalue weighted by atomic mass is 16.5. The van der Waals surface area contributed by atoms with Gasteiger partial charge in [0.15, 0.2) is 0 Å². The summed E-state index contributed by atoms with van der Waals surface area (Å²) < 4.78 is 4.92. The lowest BCUT2D eigenvalue weighted by Gasteiger charge is -1.97. The van der Waals surface area contributed by atoms with Gasteiger partial charge in [-0.25, -0.2) is 0 Å². The normalized spacial score (nSPS) is 10.2. The van der Waals surface area contributed by atoms with Gasteiger partial charge in [0.25, 0.3) is 0 Å².